The Labute approximate surface area is 108 Å². The van der Waals surface area contributed by atoms with Crippen molar-refractivity contribution in [1.82, 2.24) is 25.3 Å². The first-order chi connectivity index (χ1) is 9.54. The SMILES string of the molecule is FC(F)(F)c1nc(-c2ccnc(-c3ncno3)c2)no1. The van der Waals surface area contributed by atoms with E-state index in [1.807, 2.05) is 0 Å². The third kappa shape index (κ3) is 2.22. The van der Waals surface area contributed by atoms with E-state index in [1.54, 1.807) is 0 Å². The van der Waals surface area contributed by atoms with E-state index in [2.05, 4.69) is 29.8 Å². The second-order valence-electron chi connectivity index (χ2n) is 3.60. The van der Waals surface area contributed by atoms with Gasteiger partial charge in [-0.05, 0) is 12.1 Å². The van der Waals surface area contributed by atoms with Crippen LogP contribution in [0.15, 0.2) is 33.7 Å². The van der Waals surface area contributed by atoms with Crippen molar-refractivity contribution in [3.05, 3.63) is 30.5 Å². The first kappa shape index (κ1) is 12.3. The van der Waals surface area contributed by atoms with Gasteiger partial charge in [0, 0.05) is 11.8 Å². The van der Waals surface area contributed by atoms with Gasteiger partial charge in [-0.2, -0.15) is 23.1 Å². The molecule has 0 atom stereocenters. The Hall–Kier alpha value is -2.78. The average Bonchev–Trinajstić information content (AvgIpc) is 3.10. The molecule has 0 bridgehead atoms. The lowest BCUT2D eigenvalue weighted by molar-refractivity contribution is -0.159. The van der Waals surface area contributed by atoms with Crippen LogP contribution in [0.5, 0.6) is 0 Å². The van der Waals surface area contributed by atoms with Gasteiger partial charge in [0.25, 0.3) is 5.89 Å². The van der Waals surface area contributed by atoms with Crippen LogP contribution in [-0.2, 0) is 6.18 Å². The van der Waals surface area contributed by atoms with Crippen LogP contribution in [0.3, 0.4) is 0 Å². The zero-order chi connectivity index (χ0) is 14.2. The van der Waals surface area contributed by atoms with Gasteiger partial charge in [0.1, 0.15) is 5.69 Å². The zero-order valence-corrected chi connectivity index (χ0v) is 9.50. The third-order valence-electron chi connectivity index (χ3n) is 2.27. The summed E-state index contributed by atoms with van der Waals surface area (Å²) >= 11 is 0. The maximum Gasteiger partial charge on any atom is 0.471 e. The fourth-order valence-corrected chi connectivity index (χ4v) is 1.43. The van der Waals surface area contributed by atoms with Gasteiger partial charge in [-0.3, -0.25) is 4.98 Å². The molecule has 3 rings (SSSR count). The van der Waals surface area contributed by atoms with Crippen molar-refractivity contribution in [2.45, 2.75) is 6.18 Å². The van der Waals surface area contributed by atoms with E-state index in [9.17, 15) is 13.2 Å². The molecule has 3 aromatic heterocycles. The van der Waals surface area contributed by atoms with E-state index in [0.717, 1.165) is 0 Å². The summed E-state index contributed by atoms with van der Waals surface area (Å²) in [4.78, 5) is 11.0. The normalized spacial score (nSPS) is 11.8. The number of halogens is 3. The number of nitrogens with zero attached hydrogens (tertiary/aromatic N) is 5. The summed E-state index contributed by atoms with van der Waals surface area (Å²) in [6.07, 6.45) is -2.15. The van der Waals surface area contributed by atoms with Crippen molar-refractivity contribution in [3.8, 4) is 23.0 Å². The van der Waals surface area contributed by atoms with Crippen LogP contribution in [-0.4, -0.2) is 25.3 Å². The van der Waals surface area contributed by atoms with Gasteiger partial charge >= 0.3 is 12.1 Å². The summed E-state index contributed by atoms with van der Waals surface area (Å²) in [5, 5.41) is 6.69. The van der Waals surface area contributed by atoms with E-state index >= 15 is 0 Å². The largest absolute Gasteiger partial charge is 0.471 e. The van der Waals surface area contributed by atoms with Crippen LogP contribution < -0.4 is 0 Å². The molecule has 0 aliphatic rings. The molecule has 0 saturated carbocycles. The molecule has 0 fully saturated rings. The molecule has 102 valence electrons. The highest BCUT2D eigenvalue weighted by Crippen LogP contribution is 2.29. The van der Waals surface area contributed by atoms with Crippen LogP contribution in [0.1, 0.15) is 5.89 Å². The Bertz CT molecular complexity index is 723. The number of aromatic nitrogens is 5. The van der Waals surface area contributed by atoms with Gasteiger partial charge in [-0.1, -0.05) is 10.3 Å². The third-order valence-corrected chi connectivity index (χ3v) is 2.27. The fourth-order valence-electron chi connectivity index (χ4n) is 1.43. The summed E-state index contributed by atoms with van der Waals surface area (Å²) < 4.78 is 46.1. The predicted octanol–water partition coefficient (Wildman–Crippen LogP) is 2.20. The minimum atomic E-state index is -4.69. The molecule has 3 aromatic rings. The maximum atomic E-state index is 12.4. The molecule has 0 amide bonds. The molecule has 0 saturated heterocycles. The van der Waals surface area contributed by atoms with Crippen LogP contribution in [0, 0.1) is 0 Å². The molecule has 0 aromatic carbocycles. The van der Waals surface area contributed by atoms with Crippen molar-refractivity contribution >= 4 is 0 Å². The molecule has 0 unspecified atom stereocenters. The van der Waals surface area contributed by atoms with Crippen molar-refractivity contribution in [3.63, 3.8) is 0 Å². The molecular weight excluding hydrogens is 279 g/mol. The topological polar surface area (TPSA) is 90.7 Å². The number of hydrogen-bond donors (Lipinski definition) is 0. The summed E-state index contributed by atoms with van der Waals surface area (Å²) in [7, 11) is 0. The Morgan fingerprint density at radius 1 is 1.10 bits per heavy atom. The fraction of sp³-hybridized carbons (Fsp3) is 0.100. The lowest BCUT2D eigenvalue weighted by Crippen LogP contribution is -2.04. The van der Waals surface area contributed by atoms with Crippen LogP contribution in [0.25, 0.3) is 23.0 Å². The summed E-state index contributed by atoms with van der Waals surface area (Å²) in [6, 6.07) is 2.85. The monoisotopic (exact) mass is 283 g/mol. The average molecular weight is 283 g/mol. The highest BCUT2D eigenvalue weighted by Gasteiger charge is 2.38. The first-order valence-corrected chi connectivity index (χ1v) is 5.18. The zero-order valence-electron chi connectivity index (χ0n) is 9.50. The van der Waals surface area contributed by atoms with Crippen molar-refractivity contribution < 1.29 is 22.2 Å². The molecule has 20 heavy (non-hydrogen) atoms. The number of pyridine rings is 1. The number of rotatable bonds is 2. The lowest BCUT2D eigenvalue weighted by Gasteiger charge is -1.97. The lowest BCUT2D eigenvalue weighted by atomic mass is 10.2. The van der Waals surface area contributed by atoms with Gasteiger partial charge < -0.3 is 9.05 Å². The smallest absolute Gasteiger partial charge is 0.333 e. The molecule has 7 nitrogen and oxygen atoms in total. The summed E-state index contributed by atoms with van der Waals surface area (Å²) in [6.45, 7) is 0. The van der Waals surface area contributed by atoms with Crippen molar-refractivity contribution in [2.24, 2.45) is 0 Å². The minimum Gasteiger partial charge on any atom is -0.333 e. The Morgan fingerprint density at radius 2 is 1.95 bits per heavy atom. The molecule has 0 radical (unpaired) electrons. The summed E-state index contributed by atoms with van der Waals surface area (Å²) in [5.41, 5.74) is 0.575. The molecule has 3 heterocycles. The van der Waals surface area contributed by atoms with Crippen molar-refractivity contribution in [2.75, 3.05) is 0 Å². The van der Waals surface area contributed by atoms with Gasteiger partial charge in [0.05, 0.1) is 0 Å². The van der Waals surface area contributed by atoms with Gasteiger partial charge in [0.2, 0.25) is 5.82 Å². The Kier molecular flexibility index (Phi) is 2.70. The first-order valence-electron chi connectivity index (χ1n) is 5.18. The van der Waals surface area contributed by atoms with Crippen LogP contribution >= 0.6 is 0 Å². The number of alkyl halides is 3. The van der Waals surface area contributed by atoms with E-state index in [0.29, 0.717) is 5.69 Å². The predicted molar refractivity (Wildman–Crippen MR) is 55.8 cm³/mol. The summed E-state index contributed by atoms with van der Waals surface area (Å²) in [5.74, 6) is -1.49. The van der Waals surface area contributed by atoms with Gasteiger partial charge in [-0.15, -0.1) is 0 Å². The van der Waals surface area contributed by atoms with Crippen LogP contribution in [0.4, 0.5) is 13.2 Å². The number of hydrogen-bond acceptors (Lipinski definition) is 7. The highest BCUT2D eigenvalue weighted by molar-refractivity contribution is 5.61. The van der Waals surface area contributed by atoms with Gasteiger partial charge in [0.15, 0.2) is 6.33 Å². The molecular formula is C10H4F3N5O2. The minimum absolute atomic E-state index is 0.131. The van der Waals surface area contributed by atoms with Crippen LogP contribution in [0.2, 0.25) is 0 Å². The van der Waals surface area contributed by atoms with E-state index in [-0.39, 0.29) is 17.3 Å². The molecule has 0 aliphatic heterocycles. The highest BCUT2D eigenvalue weighted by atomic mass is 19.4. The molecule has 0 spiro atoms. The van der Waals surface area contributed by atoms with Crippen molar-refractivity contribution in [1.29, 1.82) is 0 Å². The maximum absolute atomic E-state index is 12.4. The molecule has 0 aliphatic carbocycles. The Morgan fingerprint density at radius 3 is 2.60 bits per heavy atom. The Balaban J connectivity index is 1.99. The quantitative estimate of drug-likeness (QED) is 0.711. The molecule has 0 N–H and O–H groups in total. The second kappa shape index (κ2) is 4.40. The second-order valence-corrected chi connectivity index (χ2v) is 3.60. The van der Waals surface area contributed by atoms with E-state index in [1.165, 1.54) is 24.7 Å². The van der Waals surface area contributed by atoms with E-state index in [4.69, 9.17) is 4.52 Å². The standard InChI is InChI=1S/C10H4F3N5O2/c11-10(12,13)9-17-7(18-20-9)5-1-2-14-6(3-5)8-15-4-16-19-8/h1-4H. The van der Waals surface area contributed by atoms with Gasteiger partial charge in [-0.25, -0.2) is 0 Å². The molecule has 10 heteroatoms. The van der Waals surface area contributed by atoms with E-state index < -0.39 is 12.1 Å².